The van der Waals surface area contributed by atoms with Crippen molar-refractivity contribution in [2.45, 2.75) is 46.1 Å². The Hall–Kier alpha value is -1.51. The second-order valence-corrected chi connectivity index (χ2v) is 5.40. The summed E-state index contributed by atoms with van der Waals surface area (Å²) in [4.78, 5) is 0. The van der Waals surface area contributed by atoms with Crippen molar-refractivity contribution >= 4 is 6.21 Å². The van der Waals surface area contributed by atoms with Crippen molar-refractivity contribution in [1.82, 2.24) is 0 Å². The molecule has 0 radical (unpaired) electrons. The van der Waals surface area contributed by atoms with Gasteiger partial charge in [-0.25, -0.2) is 4.74 Å². The van der Waals surface area contributed by atoms with Gasteiger partial charge in [0.25, 0.3) is 0 Å². The Morgan fingerprint density at radius 1 is 1.22 bits per heavy atom. The number of rotatable bonds is 5. The lowest BCUT2D eigenvalue weighted by atomic mass is 10.1. The second-order valence-electron chi connectivity index (χ2n) is 5.40. The fourth-order valence-corrected chi connectivity index (χ4v) is 1.31. The molecule has 3 nitrogen and oxygen atoms in total. The van der Waals surface area contributed by atoms with E-state index in [1.165, 1.54) is 0 Å². The van der Waals surface area contributed by atoms with E-state index in [9.17, 15) is 5.21 Å². The largest absolute Gasteiger partial charge is 0.623 e. The monoisotopic (exact) mass is 249 g/mol. The van der Waals surface area contributed by atoms with Gasteiger partial charge in [0.15, 0.2) is 11.8 Å². The molecule has 0 aromatic heterocycles. The van der Waals surface area contributed by atoms with E-state index in [4.69, 9.17) is 4.74 Å². The fourth-order valence-electron chi connectivity index (χ4n) is 1.31. The van der Waals surface area contributed by atoms with Gasteiger partial charge in [-0.15, -0.1) is 0 Å². The van der Waals surface area contributed by atoms with E-state index in [0.717, 1.165) is 35.5 Å². The van der Waals surface area contributed by atoms with Gasteiger partial charge in [0.1, 0.15) is 5.75 Å². The minimum Gasteiger partial charge on any atom is -0.623 e. The zero-order valence-electron chi connectivity index (χ0n) is 11.8. The van der Waals surface area contributed by atoms with Crippen LogP contribution in [0.4, 0.5) is 0 Å². The van der Waals surface area contributed by atoms with Crippen molar-refractivity contribution in [3.63, 3.8) is 0 Å². The Morgan fingerprint density at radius 2 is 1.83 bits per heavy atom. The Bertz CT molecular complexity index is 388. The Kier molecular flexibility index (Phi) is 5.20. The molecule has 0 aliphatic carbocycles. The van der Waals surface area contributed by atoms with Gasteiger partial charge >= 0.3 is 0 Å². The number of ether oxygens (including phenoxy) is 1. The summed E-state index contributed by atoms with van der Waals surface area (Å²) in [5.41, 5.74) is 0.485. The molecular formula is C15H23NO2. The molecule has 1 aromatic rings. The maximum atomic E-state index is 11.8. The van der Waals surface area contributed by atoms with Gasteiger partial charge in [0, 0.05) is 26.3 Å². The maximum absolute atomic E-state index is 11.8. The van der Waals surface area contributed by atoms with Gasteiger partial charge in [0.2, 0.25) is 0 Å². The Morgan fingerprint density at radius 3 is 2.33 bits per heavy atom. The molecule has 3 heteroatoms. The number of nitrogens with zero attached hydrogens (tertiary/aromatic N) is 1. The van der Waals surface area contributed by atoms with E-state index in [2.05, 4.69) is 6.92 Å². The molecule has 0 saturated carbocycles. The zero-order chi connectivity index (χ0) is 13.6. The van der Waals surface area contributed by atoms with Gasteiger partial charge in [-0.05, 0) is 30.7 Å². The minimum atomic E-state index is -0.406. The Labute approximate surface area is 110 Å². The van der Waals surface area contributed by atoms with E-state index in [0.29, 0.717) is 0 Å². The van der Waals surface area contributed by atoms with E-state index in [1.54, 1.807) is 6.21 Å². The molecule has 1 aromatic carbocycles. The molecule has 0 aliphatic heterocycles. The molecule has 100 valence electrons. The third-order valence-electron chi connectivity index (χ3n) is 2.57. The molecule has 0 amide bonds. The summed E-state index contributed by atoms with van der Waals surface area (Å²) in [6.07, 6.45) is 3.80. The topological polar surface area (TPSA) is 35.3 Å². The van der Waals surface area contributed by atoms with Crippen molar-refractivity contribution in [3.05, 3.63) is 35.0 Å². The van der Waals surface area contributed by atoms with Crippen LogP contribution in [0.5, 0.6) is 5.75 Å². The number of hydrogen-bond acceptors (Lipinski definition) is 2. The molecule has 0 aliphatic rings. The lowest BCUT2D eigenvalue weighted by molar-refractivity contribution is -0.530. The van der Waals surface area contributed by atoms with Crippen molar-refractivity contribution in [2.75, 3.05) is 6.61 Å². The van der Waals surface area contributed by atoms with Crippen LogP contribution in [0.15, 0.2) is 24.3 Å². The van der Waals surface area contributed by atoms with Gasteiger partial charge in [-0.3, -0.25) is 0 Å². The van der Waals surface area contributed by atoms with Crippen LogP contribution in [0.2, 0.25) is 0 Å². The number of hydroxylamine groups is 1. The molecule has 18 heavy (non-hydrogen) atoms. The molecule has 0 bridgehead atoms. The van der Waals surface area contributed by atoms with Crippen LogP contribution in [0.25, 0.3) is 0 Å². The minimum absolute atomic E-state index is 0.406. The average Bonchev–Trinajstić information content (AvgIpc) is 2.30. The van der Waals surface area contributed by atoms with Crippen molar-refractivity contribution in [1.29, 1.82) is 0 Å². The lowest BCUT2D eigenvalue weighted by Crippen LogP contribution is -2.29. The van der Waals surface area contributed by atoms with E-state index >= 15 is 0 Å². The van der Waals surface area contributed by atoms with Gasteiger partial charge in [0.05, 0.1) is 6.61 Å². The quantitative estimate of drug-likeness (QED) is 0.263. The highest BCUT2D eigenvalue weighted by molar-refractivity contribution is 5.76. The van der Waals surface area contributed by atoms with Crippen molar-refractivity contribution in [2.24, 2.45) is 0 Å². The summed E-state index contributed by atoms with van der Waals surface area (Å²) in [5.74, 6) is 0.855. The SMILES string of the molecule is CCCCOc1ccc(C=[N+]([O-])C(C)(C)C)cc1. The first kappa shape index (κ1) is 14.6. The summed E-state index contributed by atoms with van der Waals surface area (Å²) in [6.45, 7) is 8.54. The predicted molar refractivity (Wildman–Crippen MR) is 75.4 cm³/mol. The summed E-state index contributed by atoms with van der Waals surface area (Å²) >= 11 is 0. The van der Waals surface area contributed by atoms with Crippen LogP contribution >= 0.6 is 0 Å². The first-order valence-corrected chi connectivity index (χ1v) is 6.47. The van der Waals surface area contributed by atoms with Crippen molar-refractivity contribution in [3.8, 4) is 5.75 Å². The summed E-state index contributed by atoms with van der Waals surface area (Å²) < 4.78 is 6.54. The van der Waals surface area contributed by atoms with Crippen LogP contribution in [-0.2, 0) is 0 Å². The number of benzene rings is 1. The third-order valence-corrected chi connectivity index (χ3v) is 2.57. The van der Waals surface area contributed by atoms with Crippen molar-refractivity contribution < 1.29 is 9.48 Å². The highest BCUT2D eigenvalue weighted by atomic mass is 16.5. The third kappa shape index (κ3) is 4.78. The van der Waals surface area contributed by atoms with Crippen LogP contribution in [0, 0.1) is 5.21 Å². The molecular weight excluding hydrogens is 226 g/mol. The van der Waals surface area contributed by atoms with E-state index in [1.807, 2.05) is 45.0 Å². The van der Waals surface area contributed by atoms with Crippen LogP contribution in [0.3, 0.4) is 0 Å². The normalized spacial score (nSPS) is 12.6. The standard InChI is InChI=1S/C15H23NO2/c1-5-6-11-18-14-9-7-13(8-10-14)12-16(17)15(2,3)4/h7-10,12H,5-6,11H2,1-4H3. The smallest absolute Gasteiger partial charge is 0.182 e. The van der Waals surface area contributed by atoms with E-state index < -0.39 is 5.54 Å². The summed E-state index contributed by atoms with van der Waals surface area (Å²) in [7, 11) is 0. The van der Waals surface area contributed by atoms with Crippen LogP contribution in [0.1, 0.15) is 46.1 Å². The number of unbranched alkanes of at least 4 members (excludes halogenated alkanes) is 1. The van der Waals surface area contributed by atoms with Crippen LogP contribution in [-0.4, -0.2) is 23.1 Å². The Balaban J connectivity index is 2.66. The highest BCUT2D eigenvalue weighted by Crippen LogP contribution is 2.12. The fraction of sp³-hybridized carbons (Fsp3) is 0.533. The van der Waals surface area contributed by atoms with Gasteiger partial charge in [-0.1, -0.05) is 13.3 Å². The van der Waals surface area contributed by atoms with Gasteiger partial charge in [-0.2, -0.15) is 0 Å². The average molecular weight is 249 g/mol. The zero-order valence-corrected chi connectivity index (χ0v) is 11.8. The molecule has 0 unspecified atom stereocenters. The van der Waals surface area contributed by atoms with Crippen LogP contribution < -0.4 is 4.74 Å². The highest BCUT2D eigenvalue weighted by Gasteiger charge is 2.17. The summed E-state index contributed by atoms with van der Waals surface area (Å²) in [6, 6.07) is 7.60. The molecule has 1 rings (SSSR count). The maximum Gasteiger partial charge on any atom is 0.182 e. The molecule has 0 heterocycles. The molecule has 0 spiro atoms. The number of hydrogen-bond donors (Lipinski definition) is 0. The first-order chi connectivity index (χ1) is 8.43. The van der Waals surface area contributed by atoms with Gasteiger partial charge < -0.3 is 9.94 Å². The predicted octanol–water partition coefficient (Wildman–Crippen LogP) is 3.59. The molecule has 0 N–H and O–H groups in total. The second kappa shape index (κ2) is 6.43. The summed E-state index contributed by atoms with van der Waals surface area (Å²) in [5, 5.41) is 11.8. The first-order valence-electron chi connectivity index (χ1n) is 6.47. The van der Waals surface area contributed by atoms with E-state index in [-0.39, 0.29) is 0 Å². The lowest BCUT2D eigenvalue weighted by Gasteiger charge is -2.18. The molecule has 0 atom stereocenters. The molecule has 0 fully saturated rings. The molecule has 0 saturated heterocycles.